The molecule has 0 saturated heterocycles. The number of aromatic nitrogens is 7. The van der Waals surface area contributed by atoms with Crippen molar-refractivity contribution in [2.45, 2.75) is 25.8 Å². The molecule has 1 aromatic carbocycles. The maximum absolute atomic E-state index is 4.49. The molecule has 4 heterocycles. The minimum Gasteiger partial charge on any atom is -0.352 e. The number of imidazole rings is 1. The summed E-state index contributed by atoms with van der Waals surface area (Å²) in [5.74, 6) is 3.02. The van der Waals surface area contributed by atoms with Crippen LogP contribution in [0.1, 0.15) is 17.2 Å². The third kappa shape index (κ3) is 3.03. The molecule has 0 bridgehead atoms. The molecular formula is C19H20N8. The number of benzene rings is 1. The lowest BCUT2D eigenvalue weighted by Crippen LogP contribution is -2.28. The summed E-state index contributed by atoms with van der Waals surface area (Å²) in [6.45, 7) is 2.56. The first-order valence-electron chi connectivity index (χ1n) is 9.22. The second-order valence-electron chi connectivity index (χ2n) is 6.71. The van der Waals surface area contributed by atoms with E-state index in [2.05, 4.69) is 63.9 Å². The molecule has 1 aliphatic heterocycles. The molecular weight excluding hydrogens is 340 g/mol. The molecule has 0 fully saturated rings. The molecule has 0 spiro atoms. The second kappa shape index (κ2) is 6.79. The average Bonchev–Trinajstić information content (AvgIpc) is 3.29. The second-order valence-corrected chi connectivity index (χ2v) is 6.71. The van der Waals surface area contributed by atoms with Gasteiger partial charge in [0.2, 0.25) is 0 Å². The molecule has 8 heteroatoms. The predicted octanol–water partition coefficient (Wildman–Crippen LogP) is 1.79. The summed E-state index contributed by atoms with van der Waals surface area (Å²) in [4.78, 5) is 18.4. The first-order valence-corrected chi connectivity index (χ1v) is 9.22. The van der Waals surface area contributed by atoms with Crippen LogP contribution in [0.3, 0.4) is 0 Å². The molecule has 0 radical (unpaired) electrons. The minimum absolute atomic E-state index is 0.701. The lowest BCUT2D eigenvalue weighted by molar-refractivity contribution is 0.641. The van der Waals surface area contributed by atoms with Gasteiger partial charge in [-0.25, -0.2) is 15.0 Å². The molecule has 3 aromatic heterocycles. The van der Waals surface area contributed by atoms with Gasteiger partial charge in [-0.05, 0) is 12.0 Å². The molecule has 0 amide bonds. The number of aryl methyl sites for hydroxylation is 2. The summed E-state index contributed by atoms with van der Waals surface area (Å²) in [5.41, 5.74) is 2.92. The van der Waals surface area contributed by atoms with E-state index in [4.69, 9.17) is 0 Å². The average molecular weight is 360 g/mol. The molecule has 0 aliphatic carbocycles. The molecule has 8 nitrogen and oxygen atoms in total. The third-order valence-corrected chi connectivity index (χ3v) is 5.09. The van der Waals surface area contributed by atoms with Crippen LogP contribution in [0.15, 0.2) is 43.0 Å². The van der Waals surface area contributed by atoms with E-state index in [1.807, 2.05) is 6.07 Å². The Hall–Kier alpha value is -3.29. The van der Waals surface area contributed by atoms with Gasteiger partial charge in [-0.1, -0.05) is 30.3 Å². The summed E-state index contributed by atoms with van der Waals surface area (Å²) < 4.78 is 2.27. The molecule has 136 valence electrons. The summed E-state index contributed by atoms with van der Waals surface area (Å²) in [7, 11) is 0. The molecule has 0 saturated carbocycles. The van der Waals surface area contributed by atoms with E-state index < -0.39 is 0 Å². The first kappa shape index (κ1) is 15.9. The Morgan fingerprint density at radius 3 is 2.78 bits per heavy atom. The quantitative estimate of drug-likeness (QED) is 0.597. The highest BCUT2D eigenvalue weighted by Gasteiger charge is 2.21. The maximum atomic E-state index is 4.49. The van der Waals surface area contributed by atoms with Crippen LogP contribution in [0.2, 0.25) is 0 Å². The number of hydrogen-bond acceptors (Lipinski definition) is 6. The van der Waals surface area contributed by atoms with Gasteiger partial charge < -0.3 is 14.5 Å². The zero-order chi connectivity index (χ0) is 18.1. The Labute approximate surface area is 156 Å². The van der Waals surface area contributed by atoms with E-state index >= 15 is 0 Å². The number of nitrogens with one attached hydrogen (secondary N) is 1. The molecule has 4 aromatic rings. The zero-order valence-electron chi connectivity index (χ0n) is 14.9. The Morgan fingerprint density at radius 2 is 1.85 bits per heavy atom. The maximum Gasteiger partial charge on any atom is 0.182 e. The van der Waals surface area contributed by atoms with E-state index in [0.717, 1.165) is 61.9 Å². The predicted molar refractivity (Wildman–Crippen MR) is 101 cm³/mol. The van der Waals surface area contributed by atoms with Gasteiger partial charge in [-0.3, -0.25) is 0 Å². The van der Waals surface area contributed by atoms with Gasteiger partial charge in [0.25, 0.3) is 0 Å². The molecule has 0 unspecified atom stereocenters. The van der Waals surface area contributed by atoms with Crippen molar-refractivity contribution >= 4 is 17.0 Å². The van der Waals surface area contributed by atoms with Gasteiger partial charge in [0.1, 0.15) is 23.5 Å². The number of anilines is 1. The van der Waals surface area contributed by atoms with Crippen LogP contribution >= 0.6 is 0 Å². The van der Waals surface area contributed by atoms with Crippen molar-refractivity contribution in [1.29, 1.82) is 0 Å². The number of hydrogen-bond donors (Lipinski definition) is 1. The normalized spacial score (nSPS) is 14.3. The summed E-state index contributed by atoms with van der Waals surface area (Å²) in [5, 5.41) is 8.89. The van der Waals surface area contributed by atoms with E-state index in [9.17, 15) is 0 Å². The van der Waals surface area contributed by atoms with Crippen molar-refractivity contribution in [3.8, 4) is 0 Å². The van der Waals surface area contributed by atoms with E-state index in [1.165, 1.54) is 5.56 Å². The lowest BCUT2D eigenvalue weighted by atomic mass is 10.1. The van der Waals surface area contributed by atoms with Crippen LogP contribution in [0.25, 0.3) is 11.2 Å². The van der Waals surface area contributed by atoms with Crippen LogP contribution in [0, 0.1) is 0 Å². The van der Waals surface area contributed by atoms with Crippen molar-refractivity contribution in [3.05, 3.63) is 60.2 Å². The van der Waals surface area contributed by atoms with E-state index in [0.29, 0.717) is 5.65 Å². The topological polar surface area (TPSA) is 88.4 Å². The highest BCUT2D eigenvalue weighted by Crippen LogP contribution is 2.22. The first-order chi connectivity index (χ1) is 13.4. The Kier molecular flexibility index (Phi) is 4.00. The molecule has 0 atom stereocenters. The van der Waals surface area contributed by atoms with E-state index in [1.54, 1.807) is 12.7 Å². The van der Waals surface area contributed by atoms with Crippen molar-refractivity contribution in [2.24, 2.45) is 0 Å². The van der Waals surface area contributed by atoms with Crippen molar-refractivity contribution in [3.63, 3.8) is 0 Å². The van der Waals surface area contributed by atoms with Crippen molar-refractivity contribution in [2.75, 3.05) is 18.0 Å². The largest absolute Gasteiger partial charge is 0.352 e. The number of fused-ring (bicyclic) bond motifs is 2. The van der Waals surface area contributed by atoms with E-state index in [-0.39, 0.29) is 0 Å². The highest BCUT2D eigenvalue weighted by atomic mass is 15.3. The fraction of sp³-hybridized carbons (Fsp3) is 0.316. The van der Waals surface area contributed by atoms with Gasteiger partial charge in [0.05, 0.1) is 6.33 Å². The smallest absolute Gasteiger partial charge is 0.182 e. The standard InChI is InChI=1S/C19H20N8/c1-2-4-14(5-3-1)6-7-15-24-25-16-8-9-26(10-11-27(15)16)19-17-18(21-12-20-17)22-13-23-19/h1-5,12-13H,6-11H2,(H,20,21,22,23). The van der Waals surface area contributed by atoms with Gasteiger partial charge in [0.15, 0.2) is 11.5 Å². The third-order valence-electron chi connectivity index (χ3n) is 5.09. The minimum atomic E-state index is 0.701. The van der Waals surface area contributed by atoms with Crippen LogP contribution in [-0.2, 0) is 25.8 Å². The SMILES string of the molecule is c1ccc(CCc2nnc3n2CCN(c2ncnc4nc[nH]c24)CC3)cc1. The number of rotatable bonds is 4. The van der Waals surface area contributed by atoms with Gasteiger partial charge in [-0.2, -0.15) is 0 Å². The Bertz CT molecular complexity index is 1050. The fourth-order valence-corrected chi connectivity index (χ4v) is 3.67. The highest BCUT2D eigenvalue weighted by molar-refractivity contribution is 5.82. The number of nitrogens with zero attached hydrogens (tertiary/aromatic N) is 7. The van der Waals surface area contributed by atoms with Crippen LogP contribution in [-0.4, -0.2) is 47.8 Å². The molecule has 1 aliphatic rings. The van der Waals surface area contributed by atoms with Gasteiger partial charge >= 0.3 is 0 Å². The molecule has 1 N–H and O–H groups in total. The van der Waals surface area contributed by atoms with Crippen molar-refractivity contribution < 1.29 is 0 Å². The monoisotopic (exact) mass is 360 g/mol. The van der Waals surface area contributed by atoms with Crippen molar-refractivity contribution in [1.82, 2.24) is 34.7 Å². The summed E-state index contributed by atoms with van der Waals surface area (Å²) in [6, 6.07) is 10.5. The molecule has 27 heavy (non-hydrogen) atoms. The summed E-state index contributed by atoms with van der Waals surface area (Å²) >= 11 is 0. The molecule has 5 rings (SSSR count). The Balaban J connectivity index is 1.34. The Morgan fingerprint density at radius 1 is 0.926 bits per heavy atom. The van der Waals surface area contributed by atoms with Crippen LogP contribution in [0.5, 0.6) is 0 Å². The van der Waals surface area contributed by atoms with Gasteiger partial charge in [-0.15, -0.1) is 10.2 Å². The van der Waals surface area contributed by atoms with Gasteiger partial charge in [0, 0.05) is 32.5 Å². The van der Waals surface area contributed by atoms with Crippen LogP contribution < -0.4 is 4.90 Å². The summed E-state index contributed by atoms with van der Waals surface area (Å²) in [6.07, 6.45) is 5.96. The number of H-pyrrole nitrogens is 1. The fourth-order valence-electron chi connectivity index (χ4n) is 3.67. The zero-order valence-corrected chi connectivity index (χ0v) is 14.9. The van der Waals surface area contributed by atoms with Crippen LogP contribution in [0.4, 0.5) is 5.82 Å². The number of aromatic amines is 1. The lowest BCUT2D eigenvalue weighted by Gasteiger charge is -2.21.